The smallest absolute Gasteiger partial charge is 0.408 e. The molecule has 0 saturated heterocycles. The number of fused-ring (bicyclic) bond motifs is 4. The summed E-state index contributed by atoms with van der Waals surface area (Å²) in [6.07, 6.45) is 10.3. The van der Waals surface area contributed by atoms with Gasteiger partial charge >= 0.3 is 5.76 Å². The van der Waals surface area contributed by atoms with Gasteiger partial charge in [0, 0.05) is 30.0 Å². The number of aromatic nitrogens is 3. The van der Waals surface area contributed by atoms with Gasteiger partial charge < -0.3 is 13.8 Å². The van der Waals surface area contributed by atoms with Crippen LogP contribution in [0.4, 0.5) is 10.1 Å². The van der Waals surface area contributed by atoms with E-state index in [0.29, 0.717) is 49.2 Å². The summed E-state index contributed by atoms with van der Waals surface area (Å²) < 4.78 is 25.5. The summed E-state index contributed by atoms with van der Waals surface area (Å²) in [6, 6.07) is 13.7. The highest BCUT2D eigenvalue weighted by Gasteiger charge is 2.69. The highest BCUT2D eigenvalue weighted by molar-refractivity contribution is 5.95. The van der Waals surface area contributed by atoms with Gasteiger partial charge in [-0.15, -0.1) is 0 Å². The van der Waals surface area contributed by atoms with Crippen LogP contribution >= 0.6 is 0 Å². The zero-order valence-electron chi connectivity index (χ0n) is 24.2. The van der Waals surface area contributed by atoms with E-state index in [0.717, 1.165) is 79.9 Å². The van der Waals surface area contributed by atoms with Gasteiger partial charge in [0.25, 0.3) is 0 Å². The quantitative estimate of drug-likeness (QED) is 0.241. The van der Waals surface area contributed by atoms with Gasteiger partial charge in [-0.25, -0.2) is 9.18 Å². The van der Waals surface area contributed by atoms with E-state index in [4.69, 9.17) is 13.9 Å². The highest BCUT2D eigenvalue weighted by atomic mass is 19.1. The fourth-order valence-corrected chi connectivity index (χ4v) is 8.88. The van der Waals surface area contributed by atoms with Crippen LogP contribution in [-0.2, 0) is 10.2 Å². The van der Waals surface area contributed by atoms with Gasteiger partial charge in [0.1, 0.15) is 5.67 Å². The van der Waals surface area contributed by atoms with Crippen LogP contribution in [0.2, 0.25) is 0 Å². The molecule has 0 spiro atoms. The molecule has 9 heteroatoms. The number of H-pyrrole nitrogens is 1. The van der Waals surface area contributed by atoms with Crippen molar-refractivity contribution in [3.8, 4) is 11.1 Å². The lowest BCUT2D eigenvalue weighted by Crippen LogP contribution is -2.65. The summed E-state index contributed by atoms with van der Waals surface area (Å²) in [4.78, 5) is 35.4. The second kappa shape index (κ2) is 8.67. The van der Waals surface area contributed by atoms with Crippen LogP contribution in [0.15, 0.2) is 56.2 Å². The highest BCUT2D eigenvalue weighted by Crippen LogP contribution is 2.71. The molecule has 0 unspecified atom stereocenters. The molecule has 7 aliphatic carbocycles. The third-order valence-corrected chi connectivity index (χ3v) is 11.5. The molecule has 0 radical (unpaired) electrons. The molecule has 7 fully saturated rings. The number of anilines is 1. The van der Waals surface area contributed by atoms with E-state index in [1.807, 2.05) is 41.3 Å². The van der Waals surface area contributed by atoms with Crippen LogP contribution in [0, 0.1) is 10.8 Å². The number of rotatable bonds is 8. The van der Waals surface area contributed by atoms with Gasteiger partial charge in [-0.2, -0.15) is 4.98 Å². The van der Waals surface area contributed by atoms with E-state index >= 15 is 0 Å². The topological polar surface area (TPSA) is 105 Å². The molecule has 8 nitrogen and oxygen atoms in total. The predicted octanol–water partition coefficient (Wildman–Crippen LogP) is 6.96. The molecule has 4 bridgehead atoms. The summed E-state index contributed by atoms with van der Waals surface area (Å²) in [6.45, 7) is 0.658. The number of alkyl halides is 1. The zero-order chi connectivity index (χ0) is 29.0. The first-order valence-electron chi connectivity index (χ1n) is 15.8. The second-order valence-corrected chi connectivity index (χ2v) is 14.6. The van der Waals surface area contributed by atoms with Crippen LogP contribution in [-0.4, -0.2) is 33.2 Å². The zero-order valence-corrected chi connectivity index (χ0v) is 24.2. The summed E-state index contributed by atoms with van der Waals surface area (Å²) in [7, 11) is 0. The normalized spacial score (nSPS) is 32.4. The van der Waals surface area contributed by atoms with Gasteiger partial charge in [0.2, 0.25) is 11.8 Å². The second-order valence-electron chi connectivity index (χ2n) is 14.6. The first-order chi connectivity index (χ1) is 20.7. The summed E-state index contributed by atoms with van der Waals surface area (Å²) >= 11 is 0. The van der Waals surface area contributed by atoms with Crippen LogP contribution < -0.4 is 10.7 Å². The number of aromatic amines is 1. The Morgan fingerprint density at radius 1 is 0.977 bits per heavy atom. The Hall–Kier alpha value is -3.75. The maximum atomic E-state index is 14.4. The summed E-state index contributed by atoms with van der Waals surface area (Å²) in [5, 5.41) is 4.31. The molecule has 11 rings (SSSR count). The lowest BCUT2D eigenvalue weighted by Gasteiger charge is -2.66. The SMILES string of the molecule is O=C(CC12CC(F)(C1)C2)N(CC12CCC(c3nc(C4CC4)no3)(CC1)CC2)c1cccc(-c2ccc3[nH]c(=O)oc3c2)c1. The van der Waals surface area contributed by atoms with E-state index in [1.165, 1.54) is 0 Å². The molecule has 0 aliphatic heterocycles. The largest absolute Gasteiger partial charge is 0.417 e. The molecule has 222 valence electrons. The molecule has 2 aromatic carbocycles. The minimum atomic E-state index is -1.03. The molecule has 1 amide bonds. The third-order valence-electron chi connectivity index (χ3n) is 11.5. The third kappa shape index (κ3) is 4.14. The van der Waals surface area contributed by atoms with Crippen molar-refractivity contribution in [3.05, 3.63) is 64.7 Å². The van der Waals surface area contributed by atoms with E-state index < -0.39 is 11.4 Å². The van der Waals surface area contributed by atoms with Gasteiger partial charge in [0.05, 0.1) is 5.52 Å². The van der Waals surface area contributed by atoms with Gasteiger partial charge in [-0.1, -0.05) is 23.4 Å². The molecule has 2 aromatic heterocycles. The molecule has 43 heavy (non-hydrogen) atoms. The van der Waals surface area contributed by atoms with E-state index in [2.05, 4.69) is 16.2 Å². The maximum absolute atomic E-state index is 14.4. The van der Waals surface area contributed by atoms with Crippen molar-refractivity contribution in [1.29, 1.82) is 0 Å². The monoisotopic (exact) mass is 582 g/mol. The summed E-state index contributed by atoms with van der Waals surface area (Å²) in [5.74, 6) is 1.79. The van der Waals surface area contributed by atoms with Crippen LogP contribution in [0.25, 0.3) is 22.2 Å². The Labute approximate surface area is 248 Å². The Morgan fingerprint density at radius 3 is 2.44 bits per heavy atom. The number of carbonyl (C=O) groups is 1. The molecule has 1 N–H and O–H groups in total. The Morgan fingerprint density at radius 2 is 1.72 bits per heavy atom. The van der Waals surface area contributed by atoms with Crippen LogP contribution in [0.1, 0.15) is 94.7 Å². The summed E-state index contributed by atoms with van der Waals surface area (Å²) in [5.41, 5.74) is 2.67. The van der Waals surface area contributed by atoms with Gasteiger partial charge in [-0.3, -0.25) is 9.78 Å². The molecule has 0 atom stereocenters. The average molecular weight is 583 g/mol. The molecular weight excluding hydrogens is 547 g/mol. The average Bonchev–Trinajstić information content (AvgIpc) is 3.58. The van der Waals surface area contributed by atoms with Gasteiger partial charge in [0.15, 0.2) is 11.4 Å². The standard InChI is InChI=1S/C34H35FN4O4/c35-34-17-32(18-34,19-34)16-27(40)39(24-3-1-2-22(14-24)23-6-7-25-26(15-23)42-30(41)36-25)20-31-8-11-33(12-9-31,13-10-31)29-37-28(38-43-29)21-4-5-21/h1-3,6-7,14-15,21H,4-5,8-13,16-20H2,(H,36,41). The van der Waals surface area contributed by atoms with E-state index in [9.17, 15) is 14.0 Å². The van der Waals surface area contributed by atoms with Crippen molar-refractivity contribution < 1.29 is 18.1 Å². The van der Waals surface area contributed by atoms with Crippen LogP contribution in [0.5, 0.6) is 0 Å². The first kappa shape index (κ1) is 25.7. The minimum absolute atomic E-state index is 0.0287. The number of oxazole rings is 1. The Bertz CT molecular complexity index is 1790. The Balaban J connectivity index is 1.00. The number of hydrogen-bond donors (Lipinski definition) is 1. The lowest BCUT2D eigenvalue weighted by atomic mass is 9.41. The van der Waals surface area contributed by atoms with Crippen molar-refractivity contribution in [1.82, 2.24) is 15.1 Å². The van der Waals surface area contributed by atoms with Crippen molar-refractivity contribution in [2.45, 2.75) is 94.1 Å². The first-order valence-corrected chi connectivity index (χ1v) is 15.8. The van der Waals surface area contributed by atoms with Crippen molar-refractivity contribution in [3.63, 3.8) is 0 Å². The fourth-order valence-electron chi connectivity index (χ4n) is 8.88. The Kier molecular flexibility index (Phi) is 5.18. The maximum Gasteiger partial charge on any atom is 0.417 e. The molecule has 4 aromatic rings. The van der Waals surface area contributed by atoms with E-state index in [1.54, 1.807) is 0 Å². The van der Waals surface area contributed by atoms with Crippen molar-refractivity contribution in [2.24, 2.45) is 10.8 Å². The number of carbonyl (C=O) groups excluding carboxylic acids is 1. The number of benzene rings is 2. The van der Waals surface area contributed by atoms with Crippen LogP contribution in [0.3, 0.4) is 0 Å². The number of nitrogens with one attached hydrogen (secondary N) is 1. The minimum Gasteiger partial charge on any atom is -0.408 e. The predicted molar refractivity (Wildman–Crippen MR) is 157 cm³/mol. The molecule has 7 aliphatic rings. The lowest BCUT2D eigenvalue weighted by molar-refractivity contribution is -0.215. The van der Waals surface area contributed by atoms with Crippen molar-refractivity contribution in [2.75, 3.05) is 11.4 Å². The fraction of sp³-hybridized carbons (Fsp3) is 0.529. The number of amides is 1. The number of hydrogen-bond acceptors (Lipinski definition) is 6. The van der Waals surface area contributed by atoms with Crippen molar-refractivity contribution >= 4 is 22.7 Å². The molecule has 7 saturated carbocycles. The molecular formula is C34H35FN4O4. The van der Waals surface area contributed by atoms with Gasteiger partial charge in [-0.05, 0) is 117 Å². The van der Waals surface area contributed by atoms with E-state index in [-0.39, 0.29) is 22.2 Å². The molecule has 2 heterocycles. The number of nitrogens with zero attached hydrogens (tertiary/aromatic N) is 3. The number of halogens is 1.